The van der Waals surface area contributed by atoms with Crippen molar-refractivity contribution in [1.29, 1.82) is 0 Å². The number of carbonyl (C=O) groups excluding carboxylic acids is 2. The molecule has 0 radical (unpaired) electrons. The van der Waals surface area contributed by atoms with Gasteiger partial charge in [0.1, 0.15) is 0 Å². The van der Waals surface area contributed by atoms with E-state index in [1.165, 1.54) is 0 Å². The number of aromatic amines is 1. The fourth-order valence-corrected chi connectivity index (χ4v) is 3.22. The lowest BCUT2D eigenvalue weighted by Crippen LogP contribution is -2.46. The molecule has 2 aromatic rings. The number of hydrogen-bond donors (Lipinski definition) is 2. The molecule has 2 heterocycles. The average molecular weight is 344 g/mol. The summed E-state index contributed by atoms with van der Waals surface area (Å²) in [5, 5.41) is 6.43. The van der Waals surface area contributed by atoms with Crippen molar-refractivity contribution in [1.82, 2.24) is 20.4 Å². The van der Waals surface area contributed by atoms with Gasteiger partial charge in [0.05, 0.1) is 12.0 Å². The number of hydrogen-bond acceptors (Lipinski definition) is 5. The molecule has 2 N–H and O–H groups in total. The highest BCUT2D eigenvalue weighted by atomic mass is 16.5. The lowest BCUT2D eigenvalue weighted by molar-refractivity contribution is -0.141. The second-order valence-electron chi connectivity index (χ2n) is 6.09. The number of likely N-dealkylation sites (tertiary alicyclic amines) is 1. The Morgan fingerprint density at radius 2 is 2.12 bits per heavy atom. The van der Waals surface area contributed by atoms with Crippen LogP contribution in [0.5, 0.6) is 0 Å². The maximum Gasteiger partial charge on any atom is 0.438 e. The zero-order valence-electron chi connectivity index (χ0n) is 13.9. The van der Waals surface area contributed by atoms with Gasteiger partial charge < -0.3 is 10.2 Å². The summed E-state index contributed by atoms with van der Waals surface area (Å²) in [6.45, 7) is 0.330. The summed E-state index contributed by atoms with van der Waals surface area (Å²) in [6.07, 6.45) is 1.23. The van der Waals surface area contributed by atoms with Crippen molar-refractivity contribution in [3.63, 3.8) is 0 Å². The molecule has 0 aliphatic carbocycles. The van der Waals surface area contributed by atoms with Gasteiger partial charge in [0, 0.05) is 26.4 Å². The molecule has 1 aliphatic heterocycles. The summed E-state index contributed by atoms with van der Waals surface area (Å²) < 4.78 is 4.42. The molecule has 132 valence electrons. The molecule has 1 saturated heterocycles. The van der Waals surface area contributed by atoms with Crippen molar-refractivity contribution in [3.8, 4) is 0 Å². The Morgan fingerprint density at radius 3 is 2.80 bits per heavy atom. The summed E-state index contributed by atoms with van der Waals surface area (Å²) in [6, 6.07) is 9.28. The molecular formula is C17H20N4O4. The smallest absolute Gasteiger partial charge is 0.355 e. The first-order valence-electron chi connectivity index (χ1n) is 8.19. The van der Waals surface area contributed by atoms with E-state index in [1.807, 2.05) is 30.3 Å². The predicted octanol–water partition coefficient (Wildman–Crippen LogP) is 0.631. The monoisotopic (exact) mass is 344 g/mol. The Morgan fingerprint density at radius 1 is 1.36 bits per heavy atom. The maximum absolute atomic E-state index is 12.7. The highest BCUT2D eigenvalue weighted by Gasteiger charge is 2.38. The first-order chi connectivity index (χ1) is 12.1. The minimum Gasteiger partial charge on any atom is -0.355 e. The topological polar surface area (TPSA) is 108 Å². The summed E-state index contributed by atoms with van der Waals surface area (Å²) in [7, 11) is 1.74. The van der Waals surface area contributed by atoms with Crippen LogP contribution < -0.4 is 11.1 Å². The molecule has 2 atom stereocenters. The number of rotatable bonds is 5. The zero-order chi connectivity index (χ0) is 17.8. The van der Waals surface area contributed by atoms with Gasteiger partial charge in [-0.25, -0.2) is 4.79 Å². The molecule has 8 heteroatoms. The summed E-state index contributed by atoms with van der Waals surface area (Å²) in [5.41, 5.74) is 0.944. The first-order valence-corrected chi connectivity index (χ1v) is 8.19. The second-order valence-corrected chi connectivity index (χ2v) is 6.09. The van der Waals surface area contributed by atoms with Crippen LogP contribution in [-0.4, -0.2) is 40.4 Å². The molecule has 1 aliphatic rings. The lowest BCUT2D eigenvalue weighted by atomic mass is 9.84. The molecule has 1 aromatic carbocycles. The minimum atomic E-state index is -0.613. The van der Waals surface area contributed by atoms with Gasteiger partial charge in [-0.3, -0.25) is 19.1 Å². The largest absolute Gasteiger partial charge is 0.438 e. The van der Waals surface area contributed by atoms with Crippen LogP contribution in [0.4, 0.5) is 0 Å². The van der Waals surface area contributed by atoms with Crippen molar-refractivity contribution in [2.24, 2.45) is 5.92 Å². The Hall–Kier alpha value is -2.90. The Bertz CT molecular complexity index is 798. The van der Waals surface area contributed by atoms with E-state index in [-0.39, 0.29) is 23.8 Å². The van der Waals surface area contributed by atoms with Crippen LogP contribution in [0.3, 0.4) is 0 Å². The van der Waals surface area contributed by atoms with Crippen LogP contribution in [0.1, 0.15) is 30.3 Å². The third kappa shape index (κ3) is 3.78. The summed E-state index contributed by atoms with van der Waals surface area (Å²) >= 11 is 0. The van der Waals surface area contributed by atoms with Gasteiger partial charge in [-0.2, -0.15) is 0 Å². The first kappa shape index (κ1) is 16.9. The van der Waals surface area contributed by atoms with Crippen molar-refractivity contribution in [2.45, 2.75) is 25.3 Å². The molecule has 1 fully saturated rings. The van der Waals surface area contributed by atoms with Gasteiger partial charge in [0.25, 0.3) is 0 Å². The molecule has 1 aromatic heterocycles. The molecule has 25 heavy (non-hydrogen) atoms. The van der Waals surface area contributed by atoms with E-state index in [9.17, 15) is 14.4 Å². The molecule has 0 bridgehead atoms. The van der Waals surface area contributed by atoms with E-state index in [0.717, 1.165) is 5.56 Å². The Labute approximate surface area is 144 Å². The third-order valence-corrected chi connectivity index (χ3v) is 4.48. The number of H-pyrrole nitrogens is 1. The van der Waals surface area contributed by atoms with E-state index >= 15 is 0 Å². The van der Waals surface area contributed by atoms with Crippen LogP contribution >= 0.6 is 0 Å². The molecule has 3 rings (SSSR count). The zero-order valence-corrected chi connectivity index (χ0v) is 13.9. The summed E-state index contributed by atoms with van der Waals surface area (Å²) in [5.74, 6) is -0.614. The van der Waals surface area contributed by atoms with Crippen molar-refractivity contribution in [2.75, 3.05) is 13.6 Å². The number of benzene rings is 1. The van der Waals surface area contributed by atoms with Crippen LogP contribution in [0, 0.1) is 5.92 Å². The number of piperidine rings is 1. The normalized spacial score (nSPS) is 20.5. The molecule has 8 nitrogen and oxygen atoms in total. The fourth-order valence-electron chi connectivity index (χ4n) is 3.22. The van der Waals surface area contributed by atoms with Crippen molar-refractivity contribution < 1.29 is 14.1 Å². The highest BCUT2D eigenvalue weighted by Crippen LogP contribution is 2.35. The van der Waals surface area contributed by atoms with E-state index in [0.29, 0.717) is 31.6 Å². The molecule has 0 unspecified atom stereocenters. The lowest BCUT2D eigenvalue weighted by Gasteiger charge is -2.38. The van der Waals surface area contributed by atoms with Crippen LogP contribution in [0.25, 0.3) is 0 Å². The minimum absolute atomic E-state index is 0.0399. The van der Waals surface area contributed by atoms with Crippen LogP contribution in [0.15, 0.2) is 39.6 Å². The number of carbonyl (C=O) groups is 2. The van der Waals surface area contributed by atoms with Crippen molar-refractivity contribution >= 4 is 11.8 Å². The maximum atomic E-state index is 12.7. The van der Waals surface area contributed by atoms with Gasteiger partial charge in [0.15, 0.2) is 5.82 Å². The summed E-state index contributed by atoms with van der Waals surface area (Å²) in [4.78, 5) is 39.7. The van der Waals surface area contributed by atoms with E-state index in [4.69, 9.17) is 0 Å². The Kier molecular flexibility index (Phi) is 4.97. The van der Waals surface area contributed by atoms with E-state index < -0.39 is 5.76 Å². The standard InChI is InChI=1S/C17H20N4O4/c1-21-14(22)8-7-12(15(21)11-5-3-2-4-6-11)16(23)18-10-9-13-19-17(24)25-20-13/h2-6,12,15H,7-10H2,1H3,(H,18,23)(H,19,20,24)/t12-,15+/m0/s1. The second kappa shape index (κ2) is 7.33. The predicted molar refractivity (Wildman–Crippen MR) is 88.5 cm³/mol. The Balaban J connectivity index is 1.68. The third-order valence-electron chi connectivity index (χ3n) is 4.48. The number of nitrogens with one attached hydrogen (secondary N) is 2. The molecule has 2 amide bonds. The van der Waals surface area contributed by atoms with Gasteiger partial charge in [-0.1, -0.05) is 35.5 Å². The van der Waals surface area contributed by atoms with Crippen molar-refractivity contribution in [3.05, 3.63) is 52.3 Å². The van der Waals surface area contributed by atoms with Crippen LogP contribution in [-0.2, 0) is 16.0 Å². The molecule has 0 spiro atoms. The number of nitrogens with zero attached hydrogens (tertiary/aromatic N) is 2. The van der Waals surface area contributed by atoms with Gasteiger partial charge in [-0.05, 0) is 12.0 Å². The van der Waals surface area contributed by atoms with Gasteiger partial charge in [0.2, 0.25) is 11.8 Å². The molecule has 0 saturated carbocycles. The number of amides is 2. The SMILES string of the molecule is CN1C(=O)CC[C@H](C(=O)NCCc2noc(=O)[nH]2)[C@H]1c1ccccc1. The van der Waals surface area contributed by atoms with E-state index in [2.05, 4.69) is 20.0 Å². The highest BCUT2D eigenvalue weighted by molar-refractivity contribution is 5.84. The van der Waals surface area contributed by atoms with E-state index in [1.54, 1.807) is 11.9 Å². The number of aromatic nitrogens is 2. The van der Waals surface area contributed by atoms with Crippen LogP contribution in [0.2, 0.25) is 0 Å². The average Bonchev–Trinajstić information content (AvgIpc) is 3.03. The molecular weight excluding hydrogens is 324 g/mol. The van der Waals surface area contributed by atoms with Gasteiger partial charge >= 0.3 is 5.76 Å². The fraction of sp³-hybridized carbons (Fsp3) is 0.412. The van der Waals surface area contributed by atoms with Gasteiger partial charge in [-0.15, -0.1) is 0 Å². The quantitative estimate of drug-likeness (QED) is 0.827.